The Morgan fingerprint density at radius 2 is 1.61 bits per heavy atom. The van der Waals surface area contributed by atoms with Crippen LogP contribution in [0.1, 0.15) is 55.1 Å². The topological polar surface area (TPSA) is 94.8 Å². The van der Waals surface area contributed by atoms with Crippen molar-refractivity contribution in [3.05, 3.63) is 106 Å². The number of benzene rings is 3. The Balaban J connectivity index is 1.29. The molecule has 0 bridgehead atoms. The van der Waals surface area contributed by atoms with Gasteiger partial charge < -0.3 is 19.2 Å². The van der Waals surface area contributed by atoms with E-state index >= 15 is 0 Å². The Kier molecular flexibility index (Phi) is 8.26. The van der Waals surface area contributed by atoms with Gasteiger partial charge in [0.2, 0.25) is 0 Å². The van der Waals surface area contributed by atoms with Crippen LogP contribution in [0.2, 0.25) is 0 Å². The fourth-order valence-electron chi connectivity index (χ4n) is 3.83. The number of ether oxygens (including phenoxy) is 2. The Morgan fingerprint density at radius 1 is 0.895 bits per heavy atom. The van der Waals surface area contributed by atoms with Gasteiger partial charge in [-0.1, -0.05) is 63.2 Å². The number of carbonyl (C=O) groups is 2. The maximum atomic E-state index is 12.5. The summed E-state index contributed by atoms with van der Waals surface area (Å²) in [5.41, 5.74) is 1.58. The van der Waals surface area contributed by atoms with Crippen LogP contribution in [-0.4, -0.2) is 18.5 Å². The number of nitrogens with one attached hydrogen (secondary N) is 1. The molecule has 1 aromatic heterocycles. The molecule has 0 atom stereocenters. The fourth-order valence-corrected chi connectivity index (χ4v) is 3.83. The summed E-state index contributed by atoms with van der Waals surface area (Å²) in [4.78, 5) is 37.2. The number of esters is 1. The Hall–Kier alpha value is -4.39. The van der Waals surface area contributed by atoms with Gasteiger partial charge in [-0.2, -0.15) is 0 Å². The highest BCUT2D eigenvalue weighted by atomic mass is 16.5. The molecular weight excluding hydrogens is 482 g/mol. The van der Waals surface area contributed by atoms with Crippen molar-refractivity contribution in [1.29, 1.82) is 0 Å². The molecule has 38 heavy (non-hydrogen) atoms. The van der Waals surface area contributed by atoms with E-state index in [2.05, 4.69) is 26.1 Å². The third kappa shape index (κ3) is 7.09. The summed E-state index contributed by atoms with van der Waals surface area (Å²) in [7, 11) is 0. The van der Waals surface area contributed by atoms with Crippen LogP contribution in [0, 0.1) is 0 Å². The molecule has 4 aromatic rings. The lowest BCUT2D eigenvalue weighted by Crippen LogP contribution is -2.27. The van der Waals surface area contributed by atoms with Crippen molar-refractivity contribution >= 4 is 22.8 Å². The third-order valence-corrected chi connectivity index (χ3v) is 5.99. The molecule has 196 valence electrons. The summed E-state index contributed by atoms with van der Waals surface area (Å²) in [5, 5.41) is 3.26. The van der Waals surface area contributed by atoms with Crippen molar-refractivity contribution in [2.75, 3.05) is 6.61 Å². The van der Waals surface area contributed by atoms with Gasteiger partial charge in [0.05, 0.1) is 6.61 Å². The van der Waals surface area contributed by atoms with Gasteiger partial charge in [0.25, 0.3) is 5.91 Å². The minimum Gasteiger partial charge on any atom is -0.494 e. The number of amides is 1. The highest BCUT2D eigenvalue weighted by Gasteiger charge is 2.15. The lowest BCUT2D eigenvalue weighted by Gasteiger charge is -2.19. The SMILES string of the molecule is CC(C)(C)c1ccc(OCCCC(=O)Oc2ccc3cc(C(=O)NCc4ccccc4)c(=O)oc3c2)cc1. The first-order valence-corrected chi connectivity index (χ1v) is 12.5. The molecule has 0 saturated carbocycles. The number of hydrogen-bond donors (Lipinski definition) is 1. The normalized spacial score (nSPS) is 11.2. The molecule has 0 saturated heterocycles. The van der Waals surface area contributed by atoms with Crippen molar-refractivity contribution in [3.8, 4) is 11.5 Å². The minimum atomic E-state index is -0.765. The van der Waals surface area contributed by atoms with Crippen LogP contribution in [0.5, 0.6) is 11.5 Å². The lowest BCUT2D eigenvalue weighted by molar-refractivity contribution is -0.134. The van der Waals surface area contributed by atoms with Crippen LogP contribution in [0.25, 0.3) is 11.0 Å². The molecule has 3 aromatic carbocycles. The van der Waals surface area contributed by atoms with Crippen LogP contribution in [0.3, 0.4) is 0 Å². The van der Waals surface area contributed by atoms with Crippen LogP contribution in [0.15, 0.2) is 88.1 Å². The van der Waals surface area contributed by atoms with E-state index in [1.54, 1.807) is 12.1 Å². The van der Waals surface area contributed by atoms with Crippen molar-refractivity contribution in [3.63, 3.8) is 0 Å². The van der Waals surface area contributed by atoms with Crippen LogP contribution < -0.4 is 20.4 Å². The number of rotatable bonds is 9. The minimum absolute atomic E-state index is 0.0764. The van der Waals surface area contributed by atoms with E-state index in [0.29, 0.717) is 25.0 Å². The monoisotopic (exact) mass is 513 g/mol. The molecule has 1 N–H and O–H groups in total. The average Bonchev–Trinajstić information content (AvgIpc) is 2.89. The second-order valence-electron chi connectivity index (χ2n) is 10.0. The van der Waals surface area contributed by atoms with Crippen LogP contribution >= 0.6 is 0 Å². The first kappa shape index (κ1) is 26.7. The molecule has 1 amide bonds. The molecule has 0 fully saturated rings. The van der Waals surface area contributed by atoms with E-state index in [1.165, 1.54) is 17.7 Å². The first-order valence-electron chi connectivity index (χ1n) is 12.5. The van der Waals surface area contributed by atoms with E-state index in [0.717, 1.165) is 11.3 Å². The van der Waals surface area contributed by atoms with Crippen molar-refractivity contribution < 1.29 is 23.5 Å². The van der Waals surface area contributed by atoms with Gasteiger partial charge in [-0.3, -0.25) is 9.59 Å². The molecular formula is C31H31NO6. The van der Waals surface area contributed by atoms with Gasteiger partial charge in [0.1, 0.15) is 22.6 Å². The van der Waals surface area contributed by atoms with Gasteiger partial charge in [-0.15, -0.1) is 0 Å². The third-order valence-electron chi connectivity index (χ3n) is 5.99. The summed E-state index contributed by atoms with van der Waals surface area (Å²) in [6.45, 7) is 7.14. The second kappa shape index (κ2) is 11.8. The summed E-state index contributed by atoms with van der Waals surface area (Å²) in [5.74, 6) is 0.0670. The highest BCUT2D eigenvalue weighted by molar-refractivity contribution is 5.96. The van der Waals surface area contributed by atoms with E-state index in [-0.39, 0.29) is 28.7 Å². The van der Waals surface area contributed by atoms with Crippen LogP contribution in [0.4, 0.5) is 0 Å². The van der Waals surface area contributed by atoms with Gasteiger partial charge >= 0.3 is 11.6 Å². The van der Waals surface area contributed by atoms with Crippen LogP contribution in [-0.2, 0) is 16.8 Å². The predicted molar refractivity (Wildman–Crippen MR) is 146 cm³/mol. The molecule has 7 nitrogen and oxygen atoms in total. The average molecular weight is 514 g/mol. The molecule has 0 aliphatic rings. The van der Waals surface area contributed by atoms with Gasteiger partial charge in [-0.25, -0.2) is 4.79 Å². The molecule has 0 radical (unpaired) electrons. The second-order valence-corrected chi connectivity index (χ2v) is 10.0. The van der Waals surface area contributed by atoms with Gasteiger partial charge in [0, 0.05) is 24.4 Å². The highest BCUT2D eigenvalue weighted by Crippen LogP contribution is 2.24. The molecule has 7 heteroatoms. The molecule has 0 aliphatic carbocycles. The maximum Gasteiger partial charge on any atom is 0.349 e. The largest absolute Gasteiger partial charge is 0.494 e. The Morgan fingerprint density at radius 3 is 2.32 bits per heavy atom. The Labute approximate surface area is 221 Å². The Bertz CT molecular complexity index is 1470. The number of hydrogen-bond acceptors (Lipinski definition) is 6. The van der Waals surface area contributed by atoms with Crippen molar-refractivity contribution in [2.24, 2.45) is 0 Å². The van der Waals surface area contributed by atoms with Gasteiger partial charge in [0.15, 0.2) is 0 Å². The summed E-state index contributed by atoms with van der Waals surface area (Å²) in [6, 6.07) is 23.5. The number of carbonyl (C=O) groups excluding carboxylic acids is 2. The summed E-state index contributed by atoms with van der Waals surface area (Å²) < 4.78 is 16.5. The van der Waals surface area contributed by atoms with Gasteiger partial charge in [-0.05, 0) is 53.3 Å². The molecule has 0 unspecified atom stereocenters. The quantitative estimate of drug-likeness (QED) is 0.132. The zero-order chi connectivity index (χ0) is 27.1. The fraction of sp³-hybridized carbons (Fsp3) is 0.258. The number of fused-ring (bicyclic) bond motifs is 1. The summed E-state index contributed by atoms with van der Waals surface area (Å²) in [6.07, 6.45) is 0.659. The molecule has 4 rings (SSSR count). The van der Waals surface area contributed by atoms with E-state index in [9.17, 15) is 14.4 Å². The zero-order valence-corrected chi connectivity index (χ0v) is 21.8. The maximum absolute atomic E-state index is 12.5. The smallest absolute Gasteiger partial charge is 0.349 e. The lowest BCUT2D eigenvalue weighted by atomic mass is 9.87. The zero-order valence-electron chi connectivity index (χ0n) is 21.8. The molecule has 0 aliphatic heterocycles. The van der Waals surface area contributed by atoms with Crippen molar-refractivity contribution in [2.45, 2.75) is 45.6 Å². The van der Waals surface area contributed by atoms with E-state index in [1.807, 2.05) is 54.6 Å². The van der Waals surface area contributed by atoms with Crippen molar-refractivity contribution in [1.82, 2.24) is 5.32 Å². The standard InChI is InChI=1S/C31H31NO6/c1-31(2,3)23-12-15-24(16-13-23)36-17-7-10-28(33)37-25-14-11-22-18-26(30(35)38-27(22)19-25)29(34)32-20-21-8-5-4-6-9-21/h4-6,8-9,11-16,18-19H,7,10,17,20H2,1-3H3,(H,32,34). The van der Waals surface area contributed by atoms with E-state index in [4.69, 9.17) is 13.9 Å². The summed E-state index contributed by atoms with van der Waals surface area (Å²) >= 11 is 0. The van der Waals surface area contributed by atoms with E-state index < -0.39 is 17.5 Å². The first-order chi connectivity index (χ1) is 18.2. The predicted octanol–water partition coefficient (Wildman–Crippen LogP) is 5.79. The molecule has 1 heterocycles. The molecule has 0 spiro atoms.